The number of aliphatic hydroxyl groups excluding tert-OH is 2. The molecule has 0 aliphatic carbocycles. The molecule has 0 unspecified atom stereocenters. The molecule has 0 amide bonds. The zero-order chi connectivity index (χ0) is 16.2. The minimum absolute atomic E-state index is 0.271. The topological polar surface area (TPSA) is 84.6 Å². The number of nitrogens with zero attached hydrogens (tertiary/aromatic N) is 2. The van der Waals surface area contributed by atoms with Crippen molar-refractivity contribution >= 4 is 11.8 Å². The summed E-state index contributed by atoms with van der Waals surface area (Å²) in [6.07, 6.45) is 1.18. The number of thioether (sulfide) groups is 1. The molecule has 3 rings (SSSR count). The van der Waals surface area contributed by atoms with Gasteiger partial charge >= 0.3 is 0 Å². The SMILES string of the molecule is O=c1cnc(SCc2ccccc2)cn1[C@H]1C[C@H](O)[C@@H](CO)O1. The molecule has 2 aromatic rings. The highest BCUT2D eigenvalue weighted by molar-refractivity contribution is 7.98. The molecule has 0 spiro atoms. The Morgan fingerprint density at radius 3 is 2.83 bits per heavy atom. The maximum Gasteiger partial charge on any atom is 0.271 e. The lowest BCUT2D eigenvalue weighted by Crippen LogP contribution is -2.26. The third-order valence-corrected chi connectivity index (χ3v) is 4.71. The molecule has 1 aromatic heterocycles. The standard InChI is InChI=1S/C16H18N2O4S/c19-9-13-12(20)6-16(22-13)18-8-14(17-7-15(18)21)23-10-11-4-2-1-3-5-11/h1-5,7-8,12-13,16,19-20H,6,9-10H2/t12-,13+,16+/m0/s1. The van der Waals surface area contributed by atoms with Crippen LogP contribution in [0, 0.1) is 0 Å². The van der Waals surface area contributed by atoms with Crippen LogP contribution in [0.1, 0.15) is 18.2 Å². The van der Waals surface area contributed by atoms with Crippen LogP contribution in [0.3, 0.4) is 0 Å². The average molecular weight is 334 g/mol. The summed E-state index contributed by atoms with van der Waals surface area (Å²) < 4.78 is 6.96. The lowest BCUT2D eigenvalue weighted by Gasteiger charge is -2.15. The Labute approximate surface area is 137 Å². The Bertz CT molecular complexity index is 707. The van der Waals surface area contributed by atoms with Crippen LogP contribution in [0.5, 0.6) is 0 Å². The van der Waals surface area contributed by atoms with Crippen molar-refractivity contribution in [3.05, 3.63) is 58.6 Å². The molecule has 23 heavy (non-hydrogen) atoms. The molecule has 0 saturated carbocycles. The molecule has 0 radical (unpaired) electrons. The molecule has 6 nitrogen and oxygen atoms in total. The van der Waals surface area contributed by atoms with Crippen molar-refractivity contribution in [1.29, 1.82) is 0 Å². The number of hydrogen-bond acceptors (Lipinski definition) is 6. The van der Waals surface area contributed by atoms with Gasteiger partial charge in [0.15, 0.2) is 0 Å². The van der Waals surface area contributed by atoms with E-state index in [9.17, 15) is 9.90 Å². The minimum Gasteiger partial charge on any atom is -0.394 e. The van der Waals surface area contributed by atoms with E-state index in [1.165, 1.54) is 28.1 Å². The van der Waals surface area contributed by atoms with E-state index in [0.717, 1.165) is 5.75 Å². The molecule has 3 atom stereocenters. The fraction of sp³-hybridized carbons (Fsp3) is 0.375. The summed E-state index contributed by atoms with van der Waals surface area (Å²) in [5.41, 5.74) is 0.884. The molecule has 1 aliphatic rings. The van der Waals surface area contributed by atoms with Crippen LogP contribution >= 0.6 is 11.8 Å². The third kappa shape index (κ3) is 3.81. The fourth-order valence-electron chi connectivity index (χ4n) is 2.48. The Balaban J connectivity index is 1.73. The average Bonchev–Trinajstić information content (AvgIpc) is 2.96. The zero-order valence-corrected chi connectivity index (χ0v) is 13.2. The van der Waals surface area contributed by atoms with Crippen molar-refractivity contribution in [1.82, 2.24) is 9.55 Å². The van der Waals surface area contributed by atoms with Crippen LogP contribution in [0.4, 0.5) is 0 Å². The molecule has 2 N–H and O–H groups in total. The predicted octanol–water partition coefficient (Wildman–Crippen LogP) is 1.18. The summed E-state index contributed by atoms with van der Waals surface area (Å²) in [7, 11) is 0. The first-order valence-corrected chi connectivity index (χ1v) is 8.35. The van der Waals surface area contributed by atoms with E-state index in [1.54, 1.807) is 6.20 Å². The van der Waals surface area contributed by atoms with Crippen molar-refractivity contribution in [3.8, 4) is 0 Å². The van der Waals surface area contributed by atoms with Gasteiger partial charge in [0.25, 0.3) is 5.56 Å². The van der Waals surface area contributed by atoms with E-state index in [1.807, 2.05) is 30.3 Å². The third-order valence-electron chi connectivity index (χ3n) is 3.73. The van der Waals surface area contributed by atoms with Gasteiger partial charge in [-0.15, -0.1) is 11.8 Å². The molecule has 7 heteroatoms. The first kappa shape index (κ1) is 16.2. The van der Waals surface area contributed by atoms with Crippen LogP contribution < -0.4 is 5.56 Å². The van der Waals surface area contributed by atoms with Crippen molar-refractivity contribution in [3.63, 3.8) is 0 Å². The quantitative estimate of drug-likeness (QED) is 0.799. The van der Waals surface area contributed by atoms with Crippen LogP contribution in [-0.4, -0.2) is 38.6 Å². The first-order valence-electron chi connectivity index (χ1n) is 7.36. The highest BCUT2D eigenvalue weighted by Crippen LogP contribution is 2.28. The molecule has 1 saturated heterocycles. The number of aliphatic hydroxyl groups is 2. The summed E-state index contributed by atoms with van der Waals surface area (Å²) in [5.74, 6) is 0.749. The summed E-state index contributed by atoms with van der Waals surface area (Å²) >= 11 is 1.52. The van der Waals surface area contributed by atoms with Gasteiger partial charge in [0.2, 0.25) is 0 Å². The Hall–Kier alpha value is -1.67. The second-order valence-corrected chi connectivity index (χ2v) is 6.36. The van der Waals surface area contributed by atoms with Crippen LogP contribution in [0.2, 0.25) is 0 Å². The molecule has 2 heterocycles. The van der Waals surface area contributed by atoms with Gasteiger partial charge < -0.3 is 14.9 Å². The zero-order valence-electron chi connectivity index (χ0n) is 12.4. The number of rotatable bonds is 5. The van der Waals surface area contributed by atoms with Gasteiger partial charge in [0.05, 0.1) is 18.9 Å². The van der Waals surface area contributed by atoms with E-state index in [0.29, 0.717) is 5.03 Å². The highest BCUT2D eigenvalue weighted by atomic mass is 32.2. The van der Waals surface area contributed by atoms with Crippen molar-refractivity contribution < 1.29 is 14.9 Å². The predicted molar refractivity (Wildman–Crippen MR) is 86.1 cm³/mol. The van der Waals surface area contributed by atoms with Gasteiger partial charge in [-0.05, 0) is 5.56 Å². The summed E-state index contributed by atoms with van der Waals surface area (Å²) in [6.45, 7) is -0.271. The number of hydrogen-bond donors (Lipinski definition) is 2. The Morgan fingerprint density at radius 1 is 1.35 bits per heavy atom. The summed E-state index contributed by atoms with van der Waals surface area (Å²) in [5, 5.41) is 19.7. The van der Waals surface area contributed by atoms with Gasteiger partial charge in [-0.25, -0.2) is 4.98 Å². The van der Waals surface area contributed by atoms with Gasteiger partial charge in [-0.2, -0.15) is 0 Å². The van der Waals surface area contributed by atoms with E-state index in [4.69, 9.17) is 9.84 Å². The number of ether oxygens (including phenoxy) is 1. The van der Waals surface area contributed by atoms with Crippen LogP contribution in [0.15, 0.2) is 52.5 Å². The van der Waals surface area contributed by atoms with E-state index < -0.39 is 18.4 Å². The lowest BCUT2D eigenvalue weighted by atomic mass is 10.2. The van der Waals surface area contributed by atoms with E-state index >= 15 is 0 Å². The second-order valence-electron chi connectivity index (χ2n) is 5.36. The van der Waals surface area contributed by atoms with E-state index in [2.05, 4.69) is 4.98 Å². The first-order chi connectivity index (χ1) is 11.2. The molecule has 122 valence electrons. The van der Waals surface area contributed by atoms with Gasteiger partial charge in [0, 0.05) is 18.4 Å². The van der Waals surface area contributed by atoms with E-state index in [-0.39, 0.29) is 18.6 Å². The summed E-state index contributed by atoms with van der Waals surface area (Å²) in [6, 6.07) is 9.99. The lowest BCUT2D eigenvalue weighted by molar-refractivity contribution is -0.0457. The maximum absolute atomic E-state index is 12.0. The number of benzene rings is 1. The Morgan fingerprint density at radius 2 is 2.13 bits per heavy atom. The minimum atomic E-state index is -0.773. The second kappa shape index (κ2) is 7.27. The van der Waals surface area contributed by atoms with Crippen molar-refractivity contribution in [2.24, 2.45) is 0 Å². The largest absolute Gasteiger partial charge is 0.394 e. The number of aromatic nitrogens is 2. The van der Waals surface area contributed by atoms with Crippen molar-refractivity contribution in [2.75, 3.05) is 6.61 Å². The van der Waals surface area contributed by atoms with Gasteiger partial charge in [-0.3, -0.25) is 9.36 Å². The maximum atomic E-state index is 12.0. The smallest absolute Gasteiger partial charge is 0.271 e. The molecule has 0 bridgehead atoms. The summed E-state index contributed by atoms with van der Waals surface area (Å²) in [4.78, 5) is 16.1. The molecule has 1 fully saturated rings. The van der Waals surface area contributed by atoms with Crippen LogP contribution in [-0.2, 0) is 10.5 Å². The van der Waals surface area contributed by atoms with Crippen molar-refractivity contribution in [2.45, 2.75) is 35.6 Å². The van der Waals surface area contributed by atoms with Crippen LogP contribution in [0.25, 0.3) is 0 Å². The normalized spacial score (nSPS) is 24.0. The monoisotopic (exact) mass is 334 g/mol. The highest BCUT2D eigenvalue weighted by Gasteiger charge is 2.34. The molecule has 1 aliphatic heterocycles. The molecule has 1 aromatic carbocycles. The van der Waals surface area contributed by atoms with Gasteiger partial charge in [-0.1, -0.05) is 30.3 Å². The van der Waals surface area contributed by atoms with Gasteiger partial charge in [0.1, 0.15) is 17.4 Å². The molecular weight excluding hydrogens is 316 g/mol. The fourth-order valence-corrected chi connectivity index (χ4v) is 3.31. The Kier molecular flexibility index (Phi) is 5.12. The molecular formula is C16H18N2O4S.